The highest BCUT2D eigenvalue weighted by atomic mass is 35.5. The highest BCUT2D eigenvalue weighted by molar-refractivity contribution is 6.31. The maximum atomic E-state index is 12.5. The van der Waals surface area contributed by atoms with Crippen LogP contribution in [0.3, 0.4) is 0 Å². The third kappa shape index (κ3) is 6.27. The SMILES string of the molecule is COc1ccc(OCCCN2CCC(C(=O)Nc3cc(Cl)ccc3O)CC2)cc1. The number of methoxy groups -OCH3 is 1. The van der Waals surface area contributed by atoms with Crippen molar-refractivity contribution in [2.75, 3.05) is 38.7 Å². The van der Waals surface area contributed by atoms with Crippen LogP contribution in [0.15, 0.2) is 42.5 Å². The fraction of sp³-hybridized carbons (Fsp3) is 0.409. The van der Waals surface area contributed by atoms with Gasteiger partial charge in [0, 0.05) is 17.5 Å². The number of benzene rings is 2. The highest BCUT2D eigenvalue weighted by Gasteiger charge is 2.25. The molecule has 0 spiro atoms. The van der Waals surface area contributed by atoms with Gasteiger partial charge in [-0.25, -0.2) is 0 Å². The van der Waals surface area contributed by atoms with Crippen molar-refractivity contribution in [3.8, 4) is 17.2 Å². The predicted octanol–water partition coefficient (Wildman–Crippen LogP) is 4.17. The van der Waals surface area contributed by atoms with Crippen LogP contribution in [-0.2, 0) is 4.79 Å². The second-order valence-electron chi connectivity index (χ2n) is 7.14. The molecule has 0 aromatic heterocycles. The number of anilines is 1. The Kier molecular flexibility index (Phi) is 7.61. The van der Waals surface area contributed by atoms with Crippen molar-refractivity contribution >= 4 is 23.2 Å². The number of aromatic hydroxyl groups is 1. The first-order valence-electron chi connectivity index (χ1n) is 9.84. The van der Waals surface area contributed by atoms with Crippen LogP contribution in [0.4, 0.5) is 5.69 Å². The lowest BCUT2D eigenvalue weighted by atomic mass is 9.95. The first-order chi connectivity index (χ1) is 14.0. The summed E-state index contributed by atoms with van der Waals surface area (Å²) >= 11 is 5.93. The van der Waals surface area contributed by atoms with Crippen molar-refractivity contribution in [1.82, 2.24) is 4.90 Å². The maximum Gasteiger partial charge on any atom is 0.227 e. The molecule has 0 aliphatic carbocycles. The molecule has 2 aromatic rings. The largest absolute Gasteiger partial charge is 0.506 e. The van der Waals surface area contributed by atoms with Crippen LogP contribution in [0, 0.1) is 5.92 Å². The fourth-order valence-electron chi connectivity index (χ4n) is 3.41. The topological polar surface area (TPSA) is 71.0 Å². The molecule has 1 heterocycles. The number of piperidine rings is 1. The van der Waals surface area contributed by atoms with E-state index in [1.54, 1.807) is 19.2 Å². The Morgan fingerprint density at radius 2 is 1.86 bits per heavy atom. The van der Waals surface area contributed by atoms with Crippen LogP contribution in [0.2, 0.25) is 5.02 Å². The summed E-state index contributed by atoms with van der Waals surface area (Å²) in [6.45, 7) is 3.35. The van der Waals surface area contributed by atoms with Crippen LogP contribution < -0.4 is 14.8 Å². The summed E-state index contributed by atoms with van der Waals surface area (Å²) in [4.78, 5) is 14.8. The molecule has 156 valence electrons. The standard InChI is InChI=1S/C22H27ClN2O4/c1-28-18-4-6-19(7-5-18)29-14-2-11-25-12-9-16(10-13-25)22(27)24-20-15-17(23)3-8-21(20)26/h3-8,15-16,26H,2,9-14H2,1H3,(H,24,27). The average molecular weight is 419 g/mol. The molecule has 0 atom stereocenters. The normalized spacial score (nSPS) is 15.1. The molecule has 1 fully saturated rings. The monoisotopic (exact) mass is 418 g/mol. The smallest absolute Gasteiger partial charge is 0.227 e. The fourth-order valence-corrected chi connectivity index (χ4v) is 3.58. The average Bonchev–Trinajstić information content (AvgIpc) is 2.74. The summed E-state index contributed by atoms with van der Waals surface area (Å²) < 4.78 is 10.9. The number of amides is 1. The van der Waals surface area contributed by atoms with Crippen LogP contribution in [0.1, 0.15) is 19.3 Å². The molecule has 0 radical (unpaired) electrons. The second kappa shape index (κ2) is 10.4. The lowest BCUT2D eigenvalue weighted by Gasteiger charge is -2.31. The number of halogens is 1. The number of carbonyl (C=O) groups excluding carboxylic acids is 1. The van der Waals surface area contributed by atoms with E-state index in [9.17, 15) is 9.90 Å². The van der Waals surface area contributed by atoms with Gasteiger partial charge in [-0.05, 0) is 74.8 Å². The van der Waals surface area contributed by atoms with E-state index < -0.39 is 0 Å². The molecule has 1 amide bonds. The third-order valence-electron chi connectivity index (χ3n) is 5.12. The molecule has 0 saturated carbocycles. The first kappa shape index (κ1) is 21.3. The Morgan fingerprint density at radius 1 is 1.17 bits per heavy atom. The van der Waals surface area contributed by atoms with Gasteiger partial charge < -0.3 is 24.8 Å². The molecule has 29 heavy (non-hydrogen) atoms. The zero-order chi connectivity index (χ0) is 20.6. The van der Waals surface area contributed by atoms with Gasteiger partial charge in [-0.3, -0.25) is 4.79 Å². The number of likely N-dealkylation sites (tertiary alicyclic amines) is 1. The van der Waals surface area contributed by atoms with E-state index in [1.807, 2.05) is 24.3 Å². The summed E-state index contributed by atoms with van der Waals surface area (Å²) in [6, 6.07) is 12.2. The molecule has 7 heteroatoms. The van der Waals surface area contributed by atoms with Gasteiger partial charge in [-0.15, -0.1) is 0 Å². The van der Waals surface area contributed by atoms with E-state index >= 15 is 0 Å². The number of nitrogens with zero attached hydrogens (tertiary/aromatic N) is 1. The van der Waals surface area contributed by atoms with Gasteiger partial charge >= 0.3 is 0 Å². The molecule has 6 nitrogen and oxygen atoms in total. The molecule has 2 N–H and O–H groups in total. The number of rotatable bonds is 8. The molecule has 0 bridgehead atoms. The Morgan fingerprint density at radius 3 is 2.55 bits per heavy atom. The van der Waals surface area contributed by atoms with Crippen LogP contribution in [0.5, 0.6) is 17.2 Å². The number of nitrogens with one attached hydrogen (secondary N) is 1. The summed E-state index contributed by atoms with van der Waals surface area (Å²) in [6.07, 6.45) is 2.53. The molecular formula is C22H27ClN2O4. The molecular weight excluding hydrogens is 392 g/mol. The molecule has 1 saturated heterocycles. The van der Waals surface area contributed by atoms with Gasteiger partial charge in [-0.2, -0.15) is 0 Å². The summed E-state index contributed by atoms with van der Waals surface area (Å²) in [5.74, 6) is 1.56. The lowest BCUT2D eigenvalue weighted by Crippen LogP contribution is -2.38. The van der Waals surface area contributed by atoms with E-state index in [1.165, 1.54) is 6.07 Å². The number of ether oxygens (including phenoxy) is 2. The van der Waals surface area contributed by atoms with Gasteiger partial charge in [0.05, 0.1) is 19.4 Å². The Bertz CT molecular complexity index is 805. The van der Waals surface area contributed by atoms with Crippen molar-refractivity contribution in [3.05, 3.63) is 47.5 Å². The van der Waals surface area contributed by atoms with Gasteiger partial charge in [0.2, 0.25) is 5.91 Å². The quantitative estimate of drug-likeness (QED) is 0.497. The van der Waals surface area contributed by atoms with Crippen molar-refractivity contribution < 1.29 is 19.4 Å². The highest BCUT2D eigenvalue weighted by Crippen LogP contribution is 2.28. The minimum Gasteiger partial charge on any atom is -0.506 e. The molecule has 2 aromatic carbocycles. The summed E-state index contributed by atoms with van der Waals surface area (Å²) in [5.41, 5.74) is 0.362. The van der Waals surface area contributed by atoms with Crippen molar-refractivity contribution in [1.29, 1.82) is 0 Å². The van der Waals surface area contributed by atoms with E-state index in [2.05, 4.69) is 10.2 Å². The molecule has 1 aliphatic heterocycles. The minimum absolute atomic E-state index is 0.0250. The van der Waals surface area contributed by atoms with E-state index in [0.717, 1.165) is 50.4 Å². The molecule has 3 rings (SSSR count). The Hall–Kier alpha value is -2.44. The Balaban J connectivity index is 1.35. The van der Waals surface area contributed by atoms with Gasteiger partial charge in [0.25, 0.3) is 0 Å². The van der Waals surface area contributed by atoms with E-state index in [4.69, 9.17) is 21.1 Å². The molecule has 0 unspecified atom stereocenters. The Labute approximate surface area is 176 Å². The number of phenols is 1. The van der Waals surface area contributed by atoms with E-state index in [0.29, 0.717) is 17.3 Å². The van der Waals surface area contributed by atoms with Gasteiger partial charge in [-0.1, -0.05) is 11.6 Å². The number of hydrogen-bond acceptors (Lipinski definition) is 5. The second-order valence-corrected chi connectivity index (χ2v) is 7.58. The summed E-state index contributed by atoms with van der Waals surface area (Å²) in [5, 5.41) is 13.1. The van der Waals surface area contributed by atoms with E-state index in [-0.39, 0.29) is 17.6 Å². The number of hydrogen-bond donors (Lipinski definition) is 2. The first-order valence-corrected chi connectivity index (χ1v) is 10.2. The minimum atomic E-state index is -0.0648. The number of carbonyl (C=O) groups is 1. The lowest BCUT2D eigenvalue weighted by molar-refractivity contribution is -0.121. The third-order valence-corrected chi connectivity index (χ3v) is 5.36. The summed E-state index contributed by atoms with van der Waals surface area (Å²) in [7, 11) is 1.64. The van der Waals surface area contributed by atoms with Crippen LogP contribution in [-0.4, -0.2) is 49.3 Å². The molecule has 1 aliphatic rings. The zero-order valence-electron chi connectivity index (χ0n) is 16.6. The van der Waals surface area contributed by atoms with Gasteiger partial charge in [0.1, 0.15) is 17.2 Å². The predicted molar refractivity (Wildman–Crippen MR) is 114 cm³/mol. The van der Waals surface area contributed by atoms with Crippen molar-refractivity contribution in [2.45, 2.75) is 19.3 Å². The van der Waals surface area contributed by atoms with Crippen molar-refractivity contribution in [3.63, 3.8) is 0 Å². The van der Waals surface area contributed by atoms with Crippen molar-refractivity contribution in [2.24, 2.45) is 5.92 Å². The van der Waals surface area contributed by atoms with Crippen LogP contribution in [0.25, 0.3) is 0 Å². The van der Waals surface area contributed by atoms with Crippen LogP contribution >= 0.6 is 11.6 Å². The zero-order valence-corrected chi connectivity index (χ0v) is 17.3. The number of phenolic OH excluding ortho intramolecular Hbond substituents is 1. The maximum absolute atomic E-state index is 12.5. The van der Waals surface area contributed by atoms with Gasteiger partial charge in [0.15, 0.2) is 0 Å².